The molecule has 0 bridgehead atoms. The Morgan fingerprint density at radius 3 is 2.89 bits per heavy atom. The lowest BCUT2D eigenvalue weighted by molar-refractivity contribution is 0.100. The Balaban J connectivity index is 1.73. The average Bonchev–Trinajstić information content (AvgIpc) is 2.84. The standard InChI is InChI=1S/C21H25ClN4O/c1-25-10-11-26(14-16(25)9-12-27-2)21-17-13-15(22)7-8-18(17)23-19-5-3-4-6-20(19)24-21/h3-8,13,16,23H,9-12,14H2,1-2H3. The Morgan fingerprint density at radius 2 is 2.04 bits per heavy atom. The number of aliphatic imine (C=N–C) groups is 1. The molecule has 2 heterocycles. The maximum atomic E-state index is 6.34. The summed E-state index contributed by atoms with van der Waals surface area (Å²) in [6.07, 6.45) is 1.01. The van der Waals surface area contributed by atoms with Crippen LogP contribution in [0.1, 0.15) is 12.0 Å². The Morgan fingerprint density at radius 1 is 1.19 bits per heavy atom. The number of methoxy groups -OCH3 is 1. The van der Waals surface area contributed by atoms with Gasteiger partial charge in [0, 0.05) is 55.7 Å². The zero-order valence-electron chi connectivity index (χ0n) is 15.8. The summed E-state index contributed by atoms with van der Waals surface area (Å²) in [5.41, 5.74) is 4.05. The molecule has 0 radical (unpaired) electrons. The second-order valence-corrected chi connectivity index (χ2v) is 7.57. The van der Waals surface area contributed by atoms with Gasteiger partial charge in [0.15, 0.2) is 0 Å². The quantitative estimate of drug-likeness (QED) is 0.863. The third-order valence-electron chi connectivity index (χ3n) is 5.35. The van der Waals surface area contributed by atoms with Gasteiger partial charge in [-0.2, -0.15) is 0 Å². The van der Waals surface area contributed by atoms with Gasteiger partial charge in [0.2, 0.25) is 0 Å². The SMILES string of the molecule is COCCC1CN(C2=Nc3ccccc3Nc3ccc(Cl)cc32)CCN1C. The van der Waals surface area contributed by atoms with E-state index in [2.05, 4.69) is 28.2 Å². The van der Waals surface area contributed by atoms with Crippen LogP contribution < -0.4 is 5.32 Å². The van der Waals surface area contributed by atoms with Crippen LogP contribution in [0.15, 0.2) is 47.5 Å². The third kappa shape index (κ3) is 3.81. The number of benzene rings is 2. The number of nitrogens with zero attached hydrogens (tertiary/aromatic N) is 3. The molecule has 2 aromatic rings. The monoisotopic (exact) mass is 384 g/mol. The first-order valence-corrected chi connectivity index (χ1v) is 9.72. The van der Waals surface area contributed by atoms with Gasteiger partial charge in [0.1, 0.15) is 5.84 Å². The normalized spacial score (nSPS) is 19.6. The van der Waals surface area contributed by atoms with Gasteiger partial charge in [-0.15, -0.1) is 0 Å². The molecule has 0 saturated carbocycles. The van der Waals surface area contributed by atoms with Gasteiger partial charge < -0.3 is 15.0 Å². The van der Waals surface area contributed by atoms with E-state index in [-0.39, 0.29) is 0 Å². The van der Waals surface area contributed by atoms with Crippen molar-refractivity contribution in [3.8, 4) is 0 Å². The number of anilines is 2. The highest BCUT2D eigenvalue weighted by Crippen LogP contribution is 2.36. The van der Waals surface area contributed by atoms with Crippen LogP contribution in [-0.4, -0.2) is 62.1 Å². The first-order valence-electron chi connectivity index (χ1n) is 9.34. The molecule has 0 aliphatic carbocycles. The second-order valence-electron chi connectivity index (χ2n) is 7.13. The second kappa shape index (κ2) is 7.89. The lowest BCUT2D eigenvalue weighted by atomic mass is 10.1. The molecule has 1 fully saturated rings. The molecule has 0 amide bonds. The van der Waals surface area contributed by atoms with E-state index in [9.17, 15) is 0 Å². The summed E-state index contributed by atoms with van der Waals surface area (Å²) in [5.74, 6) is 0.987. The van der Waals surface area contributed by atoms with Crippen molar-refractivity contribution in [2.24, 2.45) is 4.99 Å². The number of nitrogens with one attached hydrogen (secondary N) is 1. The first-order chi connectivity index (χ1) is 13.2. The van der Waals surface area contributed by atoms with Gasteiger partial charge in [0.25, 0.3) is 0 Å². The summed E-state index contributed by atoms with van der Waals surface area (Å²) >= 11 is 6.34. The van der Waals surface area contributed by atoms with E-state index >= 15 is 0 Å². The highest BCUT2D eigenvalue weighted by molar-refractivity contribution is 6.31. The molecule has 0 aromatic heterocycles. The van der Waals surface area contributed by atoms with E-state index in [1.807, 2.05) is 36.4 Å². The van der Waals surface area contributed by atoms with Crippen molar-refractivity contribution in [3.63, 3.8) is 0 Å². The fourth-order valence-electron chi connectivity index (χ4n) is 3.75. The summed E-state index contributed by atoms with van der Waals surface area (Å²) in [6.45, 7) is 3.63. The summed E-state index contributed by atoms with van der Waals surface area (Å²) in [5, 5.41) is 4.24. The number of halogens is 1. The number of likely N-dealkylation sites (N-methyl/N-ethyl adjacent to an activating group) is 1. The zero-order chi connectivity index (χ0) is 18.8. The van der Waals surface area contributed by atoms with E-state index in [0.717, 1.165) is 66.1 Å². The summed E-state index contributed by atoms with van der Waals surface area (Å²) in [4.78, 5) is 9.86. The molecule has 5 nitrogen and oxygen atoms in total. The van der Waals surface area contributed by atoms with Crippen LogP contribution in [0.25, 0.3) is 0 Å². The maximum absolute atomic E-state index is 6.34. The van der Waals surface area contributed by atoms with Crippen LogP contribution in [0, 0.1) is 0 Å². The van der Waals surface area contributed by atoms with E-state index in [4.69, 9.17) is 21.3 Å². The van der Waals surface area contributed by atoms with Crippen LogP contribution in [-0.2, 0) is 4.74 Å². The molecule has 1 atom stereocenters. The summed E-state index contributed by atoms with van der Waals surface area (Å²) in [7, 11) is 3.95. The molecule has 1 unspecified atom stereocenters. The molecule has 0 spiro atoms. The Hall–Kier alpha value is -2.08. The van der Waals surface area contributed by atoms with E-state index < -0.39 is 0 Å². The van der Waals surface area contributed by atoms with Crippen molar-refractivity contribution in [2.45, 2.75) is 12.5 Å². The van der Waals surface area contributed by atoms with E-state index in [1.54, 1.807) is 7.11 Å². The van der Waals surface area contributed by atoms with Crippen molar-refractivity contribution in [3.05, 3.63) is 53.1 Å². The Bertz CT molecular complexity index is 854. The Kier molecular flexibility index (Phi) is 5.34. The van der Waals surface area contributed by atoms with Crippen molar-refractivity contribution in [1.29, 1.82) is 0 Å². The zero-order valence-corrected chi connectivity index (χ0v) is 16.5. The molecule has 2 aromatic carbocycles. The van der Waals surface area contributed by atoms with Crippen molar-refractivity contribution in [1.82, 2.24) is 9.80 Å². The third-order valence-corrected chi connectivity index (χ3v) is 5.59. The molecule has 6 heteroatoms. The lowest BCUT2D eigenvalue weighted by Gasteiger charge is -2.41. The molecular formula is C21H25ClN4O. The van der Waals surface area contributed by atoms with Gasteiger partial charge in [0.05, 0.1) is 11.4 Å². The average molecular weight is 385 g/mol. The predicted octanol–water partition coefficient (Wildman–Crippen LogP) is 4.13. The van der Waals surface area contributed by atoms with Gasteiger partial charge in [-0.25, -0.2) is 4.99 Å². The molecule has 1 saturated heterocycles. The maximum Gasteiger partial charge on any atom is 0.138 e. The van der Waals surface area contributed by atoms with Gasteiger partial charge in [-0.1, -0.05) is 23.7 Å². The fraction of sp³-hybridized carbons (Fsp3) is 0.381. The number of amidine groups is 1. The minimum absolute atomic E-state index is 0.440. The number of fused-ring (bicyclic) bond motifs is 2. The van der Waals surface area contributed by atoms with Crippen LogP contribution in [0.3, 0.4) is 0 Å². The number of ether oxygens (including phenoxy) is 1. The lowest BCUT2D eigenvalue weighted by Crippen LogP contribution is -2.53. The molecule has 1 N–H and O–H groups in total. The van der Waals surface area contributed by atoms with Crippen LogP contribution in [0.2, 0.25) is 5.02 Å². The van der Waals surface area contributed by atoms with Crippen LogP contribution in [0.4, 0.5) is 17.1 Å². The highest BCUT2D eigenvalue weighted by Gasteiger charge is 2.29. The molecular weight excluding hydrogens is 360 g/mol. The highest BCUT2D eigenvalue weighted by atomic mass is 35.5. The predicted molar refractivity (Wildman–Crippen MR) is 112 cm³/mol. The number of para-hydroxylation sites is 2. The van der Waals surface area contributed by atoms with Crippen molar-refractivity contribution in [2.75, 3.05) is 45.7 Å². The van der Waals surface area contributed by atoms with Gasteiger partial charge in [-0.3, -0.25) is 4.90 Å². The summed E-state index contributed by atoms with van der Waals surface area (Å²) < 4.78 is 5.31. The van der Waals surface area contributed by atoms with E-state index in [0.29, 0.717) is 6.04 Å². The number of piperazine rings is 1. The van der Waals surface area contributed by atoms with Crippen LogP contribution in [0.5, 0.6) is 0 Å². The number of hydrogen-bond donors (Lipinski definition) is 1. The largest absolute Gasteiger partial charge is 0.385 e. The first kappa shape index (κ1) is 18.3. The van der Waals surface area contributed by atoms with Crippen molar-refractivity contribution >= 4 is 34.5 Å². The minimum atomic E-state index is 0.440. The topological polar surface area (TPSA) is 40.1 Å². The smallest absolute Gasteiger partial charge is 0.138 e. The van der Waals surface area contributed by atoms with E-state index in [1.165, 1.54) is 0 Å². The van der Waals surface area contributed by atoms with Crippen LogP contribution >= 0.6 is 11.6 Å². The van der Waals surface area contributed by atoms with Gasteiger partial charge in [-0.05, 0) is 43.8 Å². The molecule has 142 valence electrons. The van der Waals surface area contributed by atoms with Gasteiger partial charge >= 0.3 is 0 Å². The molecule has 4 rings (SSSR count). The minimum Gasteiger partial charge on any atom is -0.385 e. The molecule has 2 aliphatic heterocycles. The molecule has 27 heavy (non-hydrogen) atoms. The van der Waals surface area contributed by atoms with Crippen molar-refractivity contribution < 1.29 is 4.74 Å². The summed E-state index contributed by atoms with van der Waals surface area (Å²) in [6, 6.07) is 14.6. The Labute approximate surface area is 165 Å². The molecule has 2 aliphatic rings. The number of hydrogen-bond acceptors (Lipinski definition) is 5. The fourth-order valence-corrected chi connectivity index (χ4v) is 3.92. The number of rotatable bonds is 3.